The van der Waals surface area contributed by atoms with Crippen molar-refractivity contribution in [1.29, 1.82) is 0 Å². The molecule has 36 heavy (non-hydrogen) atoms. The second-order valence-electron chi connectivity index (χ2n) is 8.21. The number of amidine groups is 1. The number of likely N-dealkylation sites (N-methyl/N-ethyl adjacent to an activating group) is 1. The summed E-state index contributed by atoms with van der Waals surface area (Å²) in [6.45, 7) is 4.85. The third-order valence-corrected chi connectivity index (χ3v) is 7.27. The number of aliphatic imine (C=N–C) groups is 1. The highest BCUT2D eigenvalue weighted by atomic mass is 79.9. The molecule has 0 spiro atoms. The molecule has 2 aliphatic rings. The monoisotopic (exact) mass is 573 g/mol. The van der Waals surface area contributed by atoms with E-state index in [9.17, 15) is 9.59 Å². The molecule has 0 atom stereocenters. The zero-order valence-corrected chi connectivity index (χ0v) is 22.9. The van der Waals surface area contributed by atoms with E-state index in [1.54, 1.807) is 43.3 Å². The fourth-order valence-corrected chi connectivity index (χ4v) is 5.30. The molecule has 0 bridgehead atoms. The Kier molecular flexibility index (Phi) is 8.71. The van der Waals surface area contributed by atoms with E-state index in [1.165, 1.54) is 16.7 Å². The Labute approximate surface area is 223 Å². The molecule has 0 radical (unpaired) electrons. The number of carbonyl (C=O) groups is 2. The lowest BCUT2D eigenvalue weighted by Crippen LogP contribution is -2.40. The lowest BCUT2D eigenvalue weighted by atomic mass is 10.1. The summed E-state index contributed by atoms with van der Waals surface area (Å²) in [6, 6.07) is 10.9. The number of thioether (sulfide) groups is 1. The van der Waals surface area contributed by atoms with Crippen LogP contribution in [0.15, 0.2) is 50.8 Å². The summed E-state index contributed by atoms with van der Waals surface area (Å²) in [6.07, 6.45) is 2.69. The number of carbonyl (C=O) groups excluding carboxylic acids is 2. The van der Waals surface area contributed by atoms with E-state index in [1.807, 2.05) is 25.1 Å². The SMILES string of the molecule is CCCOc1c(Br)cc(/C=C2/SC(=Nc3cccc(C(=O)N4CCOCC4)c3)N(C)C2=O)cc1OC. The van der Waals surface area contributed by atoms with Crippen molar-refractivity contribution in [2.24, 2.45) is 4.99 Å². The largest absolute Gasteiger partial charge is 0.493 e. The van der Waals surface area contributed by atoms with Gasteiger partial charge in [-0.2, -0.15) is 0 Å². The summed E-state index contributed by atoms with van der Waals surface area (Å²) in [5, 5.41) is 0.538. The summed E-state index contributed by atoms with van der Waals surface area (Å²) in [4.78, 5) is 34.3. The Morgan fingerprint density at radius 2 is 2.03 bits per heavy atom. The van der Waals surface area contributed by atoms with Crippen molar-refractivity contribution in [3.05, 3.63) is 56.9 Å². The van der Waals surface area contributed by atoms with Gasteiger partial charge in [-0.25, -0.2) is 4.99 Å². The minimum Gasteiger partial charge on any atom is -0.493 e. The Hall–Kier alpha value is -2.82. The summed E-state index contributed by atoms with van der Waals surface area (Å²) in [5.41, 5.74) is 1.97. The summed E-state index contributed by atoms with van der Waals surface area (Å²) >= 11 is 4.84. The summed E-state index contributed by atoms with van der Waals surface area (Å²) in [5.74, 6) is 1.03. The first-order chi connectivity index (χ1) is 17.4. The minimum absolute atomic E-state index is 0.0460. The van der Waals surface area contributed by atoms with Crippen molar-refractivity contribution < 1.29 is 23.8 Å². The molecule has 0 aliphatic carbocycles. The maximum Gasteiger partial charge on any atom is 0.266 e. The van der Waals surface area contributed by atoms with Crippen LogP contribution in [0.5, 0.6) is 11.5 Å². The normalized spacial score (nSPS) is 18.3. The number of halogens is 1. The molecular weight excluding hydrogens is 546 g/mol. The van der Waals surface area contributed by atoms with Gasteiger partial charge in [-0.05, 0) is 76.1 Å². The van der Waals surface area contributed by atoms with Crippen LogP contribution in [0, 0.1) is 0 Å². The smallest absolute Gasteiger partial charge is 0.266 e. The van der Waals surface area contributed by atoms with Crippen LogP contribution in [0.4, 0.5) is 5.69 Å². The molecular formula is C26H28BrN3O5S. The Balaban J connectivity index is 1.56. The van der Waals surface area contributed by atoms with Gasteiger partial charge in [0.1, 0.15) is 0 Å². The molecule has 0 aromatic heterocycles. The number of hydrogen-bond donors (Lipinski definition) is 0. The standard InChI is InChI=1S/C26H28BrN3O5S/c1-4-10-35-23-20(27)13-17(14-21(23)33-3)15-22-25(32)29(2)26(36-22)28-19-7-5-6-18(16-19)24(31)30-8-11-34-12-9-30/h5-7,13-16H,4,8-12H2,1-3H3/b22-15+,28-26?. The third kappa shape index (κ3) is 5.93. The van der Waals surface area contributed by atoms with Gasteiger partial charge in [0.25, 0.3) is 11.8 Å². The Bertz CT molecular complexity index is 1210. The van der Waals surface area contributed by atoms with Gasteiger partial charge < -0.3 is 19.1 Å². The van der Waals surface area contributed by atoms with Crippen LogP contribution in [0.25, 0.3) is 6.08 Å². The van der Waals surface area contributed by atoms with E-state index in [2.05, 4.69) is 20.9 Å². The summed E-state index contributed by atoms with van der Waals surface area (Å²) < 4.78 is 17.4. The second kappa shape index (κ2) is 11.9. The van der Waals surface area contributed by atoms with Gasteiger partial charge in [-0.3, -0.25) is 14.5 Å². The lowest BCUT2D eigenvalue weighted by Gasteiger charge is -2.26. The van der Waals surface area contributed by atoms with Crippen molar-refractivity contribution in [2.75, 3.05) is 47.1 Å². The van der Waals surface area contributed by atoms with Crippen LogP contribution in [-0.2, 0) is 9.53 Å². The lowest BCUT2D eigenvalue weighted by molar-refractivity contribution is -0.121. The first kappa shape index (κ1) is 26.2. The van der Waals surface area contributed by atoms with Crippen LogP contribution in [0.1, 0.15) is 29.3 Å². The molecule has 10 heteroatoms. The van der Waals surface area contributed by atoms with E-state index in [0.29, 0.717) is 65.7 Å². The Morgan fingerprint density at radius 1 is 1.25 bits per heavy atom. The number of morpholine rings is 1. The number of methoxy groups -OCH3 is 1. The summed E-state index contributed by atoms with van der Waals surface area (Å²) in [7, 11) is 3.28. The molecule has 0 unspecified atom stereocenters. The zero-order valence-electron chi connectivity index (χ0n) is 20.5. The molecule has 2 aromatic rings. The molecule has 0 saturated carbocycles. The fourth-order valence-electron chi connectivity index (χ4n) is 3.74. The molecule has 0 N–H and O–H groups in total. The molecule has 2 aliphatic heterocycles. The van der Waals surface area contributed by atoms with Gasteiger partial charge in [-0.15, -0.1) is 0 Å². The highest BCUT2D eigenvalue weighted by Crippen LogP contribution is 2.39. The van der Waals surface area contributed by atoms with Crippen molar-refractivity contribution in [2.45, 2.75) is 13.3 Å². The molecule has 8 nitrogen and oxygen atoms in total. The molecule has 2 heterocycles. The number of hydrogen-bond acceptors (Lipinski definition) is 7. The second-order valence-corrected chi connectivity index (χ2v) is 10.1. The highest BCUT2D eigenvalue weighted by Gasteiger charge is 2.30. The molecule has 2 aromatic carbocycles. The van der Waals surface area contributed by atoms with Crippen molar-refractivity contribution >= 4 is 56.4 Å². The molecule has 2 fully saturated rings. The van der Waals surface area contributed by atoms with Crippen LogP contribution >= 0.6 is 27.7 Å². The first-order valence-corrected chi connectivity index (χ1v) is 13.3. The number of amides is 2. The quantitative estimate of drug-likeness (QED) is 0.436. The number of benzene rings is 2. The van der Waals surface area contributed by atoms with Gasteiger partial charge in [-0.1, -0.05) is 13.0 Å². The van der Waals surface area contributed by atoms with E-state index >= 15 is 0 Å². The van der Waals surface area contributed by atoms with E-state index < -0.39 is 0 Å². The van der Waals surface area contributed by atoms with Crippen LogP contribution < -0.4 is 9.47 Å². The van der Waals surface area contributed by atoms with Crippen molar-refractivity contribution in [1.82, 2.24) is 9.80 Å². The fraction of sp³-hybridized carbons (Fsp3) is 0.346. The molecule has 2 saturated heterocycles. The predicted octanol–water partition coefficient (Wildman–Crippen LogP) is 4.95. The average molecular weight is 574 g/mol. The number of ether oxygens (including phenoxy) is 3. The van der Waals surface area contributed by atoms with Crippen LogP contribution in [0.3, 0.4) is 0 Å². The van der Waals surface area contributed by atoms with Crippen LogP contribution in [0.2, 0.25) is 0 Å². The van der Waals surface area contributed by atoms with E-state index in [-0.39, 0.29) is 11.8 Å². The third-order valence-electron chi connectivity index (χ3n) is 5.62. The number of rotatable bonds is 7. The Morgan fingerprint density at radius 3 is 2.75 bits per heavy atom. The van der Waals surface area contributed by atoms with Crippen molar-refractivity contribution in [3.63, 3.8) is 0 Å². The van der Waals surface area contributed by atoms with Gasteiger partial charge in [0.2, 0.25) is 0 Å². The number of nitrogens with zero attached hydrogens (tertiary/aromatic N) is 3. The zero-order chi connectivity index (χ0) is 25.7. The molecule has 2 amide bonds. The predicted molar refractivity (Wildman–Crippen MR) is 145 cm³/mol. The minimum atomic E-state index is -0.152. The van der Waals surface area contributed by atoms with E-state index in [4.69, 9.17) is 14.2 Å². The maximum absolute atomic E-state index is 13.0. The van der Waals surface area contributed by atoms with Gasteiger partial charge >= 0.3 is 0 Å². The average Bonchev–Trinajstić information content (AvgIpc) is 3.15. The maximum atomic E-state index is 13.0. The molecule has 190 valence electrons. The van der Waals surface area contributed by atoms with Gasteiger partial charge in [0.05, 0.1) is 42.0 Å². The topological polar surface area (TPSA) is 80.7 Å². The first-order valence-electron chi connectivity index (χ1n) is 11.6. The highest BCUT2D eigenvalue weighted by molar-refractivity contribution is 9.10. The van der Waals surface area contributed by atoms with Gasteiger partial charge in [0, 0.05) is 25.7 Å². The van der Waals surface area contributed by atoms with E-state index in [0.717, 1.165) is 16.5 Å². The van der Waals surface area contributed by atoms with Gasteiger partial charge in [0.15, 0.2) is 16.7 Å². The van der Waals surface area contributed by atoms with Crippen molar-refractivity contribution in [3.8, 4) is 11.5 Å². The molecule has 4 rings (SSSR count). The van der Waals surface area contributed by atoms with Crippen LogP contribution in [-0.4, -0.2) is 73.8 Å².